The average molecular weight is 693 g/mol. The molecule has 1 N–H and O–H groups in total. The van der Waals surface area contributed by atoms with E-state index in [-0.39, 0.29) is 24.4 Å². The Morgan fingerprint density at radius 2 is 1.80 bits per heavy atom. The number of carbonyl (C=O) groups excluding carboxylic acids is 3. The van der Waals surface area contributed by atoms with Crippen molar-refractivity contribution in [3.63, 3.8) is 0 Å². The number of alkyl carbamates (subject to hydrolysis) is 1. The molecule has 4 rings (SSSR count). The third kappa shape index (κ3) is 9.34. The number of methoxy groups -OCH3 is 1. The minimum Gasteiger partial charge on any atom is -0.497 e. The van der Waals surface area contributed by atoms with Crippen LogP contribution in [-0.2, 0) is 19.1 Å². The summed E-state index contributed by atoms with van der Waals surface area (Å²) in [4.78, 5) is 52.9. The third-order valence-corrected chi connectivity index (χ3v) is 9.53. The van der Waals surface area contributed by atoms with Crippen molar-refractivity contribution >= 4 is 35.1 Å². The maximum atomic E-state index is 14.6. The molecule has 1 aromatic carbocycles. The fourth-order valence-electron chi connectivity index (χ4n) is 7.02. The number of ether oxygens (including phenoxy) is 4. The number of amides is 2. The van der Waals surface area contributed by atoms with Gasteiger partial charge < -0.3 is 29.2 Å². The van der Waals surface area contributed by atoms with Crippen LogP contribution in [0.1, 0.15) is 99.1 Å². The number of rotatable bonds is 13. The molecular formula is C39H56N4O7. The zero-order chi connectivity index (χ0) is 36.8. The van der Waals surface area contributed by atoms with E-state index in [4.69, 9.17) is 23.9 Å². The maximum Gasteiger partial charge on any atom is 0.408 e. The van der Waals surface area contributed by atoms with Gasteiger partial charge in [0.05, 0.1) is 24.7 Å². The Kier molecular flexibility index (Phi) is 12.6. The molecule has 0 unspecified atom stereocenters. The summed E-state index contributed by atoms with van der Waals surface area (Å²) in [6.07, 6.45) is 8.16. The number of hydrogen-bond donors (Lipinski definition) is 1. The summed E-state index contributed by atoms with van der Waals surface area (Å²) < 4.78 is 23.8. The Balaban J connectivity index is 1.64. The molecule has 274 valence electrons. The van der Waals surface area contributed by atoms with Gasteiger partial charge in [-0.1, -0.05) is 40.3 Å². The monoisotopic (exact) mass is 692 g/mol. The number of esters is 1. The Hall–Kier alpha value is -4.15. The first-order chi connectivity index (χ1) is 23.6. The second-order valence-corrected chi connectivity index (χ2v) is 15.5. The number of benzene rings is 1. The summed E-state index contributed by atoms with van der Waals surface area (Å²) in [7, 11) is 1.58. The molecule has 0 bridgehead atoms. The maximum absolute atomic E-state index is 14.6. The fraction of sp³-hybridized carbons (Fsp3) is 0.615. The number of aromatic nitrogens is 2. The zero-order valence-corrected chi connectivity index (χ0v) is 31.1. The Morgan fingerprint density at radius 3 is 2.42 bits per heavy atom. The quantitative estimate of drug-likeness (QED) is 0.131. The van der Waals surface area contributed by atoms with Gasteiger partial charge in [0.1, 0.15) is 41.3 Å². The van der Waals surface area contributed by atoms with Crippen LogP contribution in [0.15, 0.2) is 37.4 Å². The Labute approximate surface area is 297 Å². The van der Waals surface area contributed by atoms with Crippen LogP contribution in [0.3, 0.4) is 0 Å². The van der Waals surface area contributed by atoms with E-state index in [0.29, 0.717) is 28.9 Å². The van der Waals surface area contributed by atoms with E-state index in [0.717, 1.165) is 38.5 Å². The molecule has 0 radical (unpaired) electrons. The van der Waals surface area contributed by atoms with E-state index < -0.39 is 53.1 Å². The lowest BCUT2D eigenvalue weighted by molar-refractivity contribution is -0.165. The van der Waals surface area contributed by atoms with Crippen molar-refractivity contribution in [1.29, 1.82) is 0 Å². The summed E-state index contributed by atoms with van der Waals surface area (Å²) in [5.74, 6) is -0.268. The van der Waals surface area contributed by atoms with Gasteiger partial charge in [-0.2, -0.15) is 0 Å². The van der Waals surface area contributed by atoms with Crippen LogP contribution >= 0.6 is 0 Å². The molecule has 1 aliphatic heterocycles. The van der Waals surface area contributed by atoms with E-state index in [1.54, 1.807) is 46.1 Å². The topological polar surface area (TPSA) is 129 Å². The van der Waals surface area contributed by atoms with Crippen LogP contribution in [0.4, 0.5) is 4.79 Å². The molecule has 50 heavy (non-hydrogen) atoms. The van der Waals surface area contributed by atoms with Crippen molar-refractivity contribution in [3.05, 3.63) is 43.1 Å². The first-order valence-corrected chi connectivity index (χ1v) is 17.9. The molecule has 2 heterocycles. The molecule has 2 amide bonds. The molecule has 11 heteroatoms. The smallest absolute Gasteiger partial charge is 0.408 e. The molecule has 2 aromatic rings. The molecular weight excluding hydrogens is 636 g/mol. The summed E-state index contributed by atoms with van der Waals surface area (Å²) >= 11 is 0. The largest absolute Gasteiger partial charge is 0.497 e. The lowest BCUT2D eigenvalue weighted by atomic mass is 9.85. The number of carbonyl (C=O) groups is 3. The van der Waals surface area contributed by atoms with Crippen LogP contribution in [0.5, 0.6) is 11.6 Å². The summed E-state index contributed by atoms with van der Waals surface area (Å²) in [5.41, 5.74) is 0.127. The number of nitrogens with zero attached hydrogens (tertiary/aromatic N) is 3. The Bertz CT molecular complexity index is 1550. The minimum absolute atomic E-state index is 0.0625. The lowest BCUT2D eigenvalue weighted by Gasteiger charge is -2.36. The van der Waals surface area contributed by atoms with Gasteiger partial charge in [-0.15, -0.1) is 6.58 Å². The highest BCUT2D eigenvalue weighted by molar-refractivity contribution is 5.91. The second kappa shape index (κ2) is 16.2. The standard InChI is InChI=1S/C39H56N4O7/c1-11-14-15-17-24-18-16-19-30(24)49-37(46)42-33(38(4,5)6)35(44)43-23-31(26(12-2)32(43)36(45)50-39(7,8)9)48-34-27(13-3)40-28-21-20-25(47-10)22-29(28)41-34/h11,13,20-22,24,26,30-33H,1,3,12,14-19,23H2,2,4-10H3,(H,42,46)/t24-,26-,30-,31+,32+,33-/m1/s1. The third-order valence-electron chi connectivity index (χ3n) is 9.53. The van der Waals surface area contributed by atoms with Crippen LogP contribution in [0.25, 0.3) is 17.1 Å². The van der Waals surface area contributed by atoms with Crippen LogP contribution in [0.2, 0.25) is 0 Å². The molecule has 6 atom stereocenters. The van der Waals surface area contributed by atoms with Gasteiger partial charge in [0, 0.05) is 12.0 Å². The number of hydrogen-bond acceptors (Lipinski definition) is 9. The number of unbranched alkanes of at least 4 members (excludes halogenated alkanes) is 1. The van der Waals surface area contributed by atoms with Crippen molar-refractivity contribution in [2.24, 2.45) is 17.3 Å². The molecule has 11 nitrogen and oxygen atoms in total. The number of fused-ring (bicyclic) bond motifs is 1. The van der Waals surface area contributed by atoms with Crippen molar-refractivity contribution < 1.29 is 33.3 Å². The zero-order valence-electron chi connectivity index (χ0n) is 31.1. The van der Waals surface area contributed by atoms with Crippen LogP contribution in [0, 0.1) is 17.3 Å². The second-order valence-electron chi connectivity index (χ2n) is 15.5. The average Bonchev–Trinajstić information content (AvgIpc) is 3.65. The lowest BCUT2D eigenvalue weighted by Crippen LogP contribution is -2.58. The summed E-state index contributed by atoms with van der Waals surface area (Å²) in [6, 6.07) is 3.41. The molecule has 2 fully saturated rings. The molecule has 1 saturated heterocycles. The summed E-state index contributed by atoms with van der Waals surface area (Å²) in [6.45, 7) is 20.7. The normalized spacial score (nSPS) is 22.9. The predicted octanol–water partition coefficient (Wildman–Crippen LogP) is 7.27. The SMILES string of the molecule is C=CCCC[C@@H]1CCC[C@H]1OC(=O)N[C@H](C(=O)N1C[C@H](Oc2nc3cc(OC)ccc3nc2C=C)[C@@H](CC)[C@H]1C(=O)OC(C)(C)C)C(C)(C)C. The highest BCUT2D eigenvalue weighted by atomic mass is 16.6. The van der Waals surface area contributed by atoms with Gasteiger partial charge in [0.2, 0.25) is 11.8 Å². The van der Waals surface area contributed by atoms with Crippen LogP contribution in [-0.4, -0.2) is 76.4 Å². The van der Waals surface area contributed by atoms with E-state index >= 15 is 0 Å². The molecule has 1 aromatic heterocycles. The number of allylic oxidation sites excluding steroid dienone is 1. The van der Waals surface area contributed by atoms with Crippen molar-refractivity contribution in [2.45, 2.75) is 123 Å². The van der Waals surface area contributed by atoms with Gasteiger partial charge in [-0.3, -0.25) is 4.79 Å². The van der Waals surface area contributed by atoms with E-state index in [1.165, 1.54) is 4.90 Å². The van der Waals surface area contributed by atoms with Crippen molar-refractivity contribution in [1.82, 2.24) is 20.2 Å². The van der Waals surface area contributed by atoms with Gasteiger partial charge in [0.15, 0.2) is 0 Å². The van der Waals surface area contributed by atoms with E-state index in [2.05, 4.69) is 23.5 Å². The highest BCUT2D eigenvalue weighted by Crippen LogP contribution is 2.37. The molecule has 0 spiro atoms. The van der Waals surface area contributed by atoms with Gasteiger partial charge >= 0.3 is 12.1 Å². The van der Waals surface area contributed by atoms with Gasteiger partial charge in [0.25, 0.3) is 0 Å². The minimum atomic E-state index is -0.992. The van der Waals surface area contributed by atoms with Gasteiger partial charge in [-0.25, -0.2) is 19.6 Å². The van der Waals surface area contributed by atoms with Crippen molar-refractivity contribution in [3.8, 4) is 11.6 Å². The highest BCUT2D eigenvalue weighted by Gasteiger charge is 2.52. The van der Waals surface area contributed by atoms with Crippen LogP contribution < -0.4 is 14.8 Å². The number of likely N-dealkylation sites (tertiary alicyclic amines) is 1. The number of nitrogens with one attached hydrogen (secondary N) is 1. The summed E-state index contributed by atoms with van der Waals surface area (Å²) in [5, 5.41) is 2.89. The van der Waals surface area contributed by atoms with Gasteiger partial charge in [-0.05, 0) is 95.3 Å². The first kappa shape index (κ1) is 38.6. The predicted molar refractivity (Wildman–Crippen MR) is 194 cm³/mol. The van der Waals surface area contributed by atoms with E-state index in [9.17, 15) is 14.4 Å². The first-order valence-electron chi connectivity index (χ1n) is 17.9. The Morgan fingerprint density at radius 1 is 1.06 bits per heavy atom. The van der Waals surface area contributed by atoms with E-state index in [1.807, 2.05) is 39.8 Å². The molecule has 2 aliphatic rings. The molecule has 1 saturated carbocycles. The van der Waals surface area contributed by atoms with Crippen molar-refractivity contribution in [2.75, 3.05) is 13.7 Å². The fourth-order valence-corrected chi connectivity index (χ4v) is 7.02. The molecule has 1 aliphatic carbocycles.